The van der Waals surface area contributed by atoms with E-state index in [2.05, 4.69) is 16.0 Å². The summed E-state index contributed by atoms with van der Waals surface area (Å²) in [5, 5.41) is 8.46. The summed E-state index contributed by atoms with van der Waals surface area (Å²) in [6, 6.07) is -10.7. The highest BCUT2D eigenvalue weighted by molar-refractivity contribution is 6.01. The number of hydrogen-bond acceptors (Lipinski definition) is 13. The zero-order valence-corrected chi connectivity index (χ0v) is 62.4. The van der Waals surface area contributed by atoms with Crippen molar-refractivity contribution in [3.05, 3.63) is 0 Å². The number of carbonyl (C=O) groups is 12. The Morgan fingerprint density at radius 2 is 1.24 bits per heavy atom. The highest BCUT2D eigenvalue weighted by atomic mass is 19.4. The van der Waals surface area contributed by atoms with Crippen LogP contribution in [0.15, 0.2) is 0 Å². The number of likely N-dealkylation sites (N-methyl/N-ethyl adjacent to an activating group) is 7. The Morgan fingerprint density at radius 1 is 0.621 bits per heavy atom. The lowest BCUT2D eigenvalue weighted by Gasteiger charge is -2.46. The summed E-state index contributed by atoms with van der Waals surface area (Å²) in [7, 11) is 11.1. The molecule has 4 saturated carbocycles. The van der Waals surface area contributed by atoms with E-state index >= 15 is 37.5 Å². The van der Waals surface area contributed by atoms with Gasteiger partial charge in [-0.3, -0.25) is 57.5 Å². The molecule has 3 N–H and O–H groups in total. The molecule has 3 saturated heterocycles. The van der Waals surface area contributed by atoms with Crippen LogP contribution in [0.3, 0.4) is 0 Å². The molecule has 12 atom stereocenters. The second kappa shape index (κ2) is 36.5. The van der Waals surface area contributed by atoms with Gasteiger partial charge in [0, 0.05) is 82.5 Å². The lowest BCUT2D eigenvalue weighted by atomic mass is 9.74. The number of alkyl halides is 6. The van der Waals surface area contributed by atoms with Crippen LogP contribution in [-0.4, -0.2) is 289 Å². The van der Waals surface area contributed by atoms with Crippen molar-refractivity contribution >= 4 is 70.9 Å². The number of hydrogen-bond donors (Lipinski definition) is 3. The zero-order chi connectivity index (χ0) is 76.3. The van der Waals surface area contributed by atoms with Gasteiger partial charge in [0.05, 0.1) is 25.6 Å². The first kappa shape index (κ1) is 83.5. The van der Waals surface area contributed by atoms with Gasteiger partial charge in [0.2, 0.25) is 70.9 Å². The molecule has 582 valence electrons. The fourth-order valence-corrected chi connectivity index (χ4v) is 16.7. The predicted octanol–water partition coefficient (Wildman–Crippen LogP) is 5.10. The van der Waals surface area contributed by atoms with Gasteiger partial charge >= 0.3 is 6.18 Å². The van der Waals surface area contributed by atoms with Crippen LogP contribution in [0.2, 0.25) is 0 Å². The van der Waals surface area contributed by atoms with E-state index in [9.17, 15) is 46.3 Å². The van der Waals surface area contributed by atoms with E-state index in [-0.39, 0.29) is 83.4 Å². The lowest BCUT2D eigenvalue weighted by molar-refractivity contribution is -0.219. The maximum Gasteiger partial charge on any atom is 0.397 e. The van der Waals surface area contributed by atoms with E-state index in [1.807, 2.05) is 0 Å². The third kappa shape index (κ3) is 20.0. The van der Waals surface area contributed by atoms with Crippen LogP contribution in [0.1, 0.15) is 182 Å². The van der Waals surface area contributed by atoms with Crippen LogP contribution in [0.4, 0.5) is 26.3 Å². The fraction of sp³-hybridized carbons (Fsp3) is 0.833. The molecule has 7 fully saturated rings. The normalized spacial score (nSPS) is 32.6. The molecule has 2 unspecified atom stereocenters. The smallest absolute Gasteiger partial charge is 0.377 e. The second-order valence-electron chi connectivity index (χ2n) is 30.6. The molecule has 0 radical (unpaired) electrons. The van der Waals surface area contributed by atoms with E-state index < -0.39 is 218 Å². The first-order chi connectivity index (χ1) is 48.5. The average Bonchev–Trinajstić information content (AvgIpc) is 1.66. The lowest BCUT2D eigenvalue weighted by Crippen LogP contribution is -2.68. The molecule has 2 bridgehead atoms. The van der Waals surface area contributed by atoms with Crippen LogP contribution in [0.25, 0.3) is 0 Å². The number of halogens is 6. The van der Waals surface area contributed by atoms with Gasteiger partial charge in [0.15, 0.2) is 0 Å². The molecule has 31 heteroatoms. The van der Waals surface area contributed by atoms with E-state index in [1.165, 1.54) is 76.0 Å². The van der Waals surface area contributed by atoms with Gasteiger partial charge in [0.25, 0.3) is 0 Å². The van der Waals surface area contributed by atoms with Crippen molar-refractivity contribution in [3.8, 4) is 0 Å². The van der Waals surface area contributed by atoms with Crippen molar-refractivity contribution < 1.29 is 88.6 Å². The molecule has 103 heavy (non-hydrogen) atoms. The first-order valence-electron chi connectivity index (χ1n) is 37.4. The van der Waals surface area contributed by atoms with Crippen molar-refractivity contribution in [2.75, 3.05) is 89.2 Å². The molecule has 12 amide bonds. The fourth-order valence-electron chi connectivity index (χ4n) is 16.7. The summed E-state index contributed by atoms with van der Waals surface area (Å²) in [5.74, 6) is -13.9. The topological polar surface area (TPSA) is 279 Å². The van der Waals surface area contributed by atoms with Crippen molar-refractivity contribution in [2.24, 2.45) is 29.6 Å². The molecule has 7 rings (SSSR count). The summed E-state index contributed by atoms with van der Waals surface area (Å²) in [4.78, 5) is 190. The maximum atomic E-state index is 15.5. The Hall–Kier alpha value is -6.82. The Balaban J connectivity index is 1.30. The Morgan fingerprint density at radius 3 is 1.82 bits per heavy atom. The molecule has 3 heterocycles. The molecule has 1 spiro atoms. The second-order valence-corrected chi connectivity index (χ2v) is 30.6. The first-order valence-corrected chi connectivity index (χ1v) is 37.4. The van der Waals surface area contributed by atoms with Crippen LogP contribution >= 0.6 is 0 Å². The Labute approximate surface area is 602 Å². The SMILES string of the molecule is CCO[C@@H]1C[C@H]2C(=O)NC3(CCC3)C(=O)N(C)[C@@H](C3CCCC3)C(=O)N(C)[C@H](C(=O)N(C)C)CC(=O)N(C)[C@@H](CC)C(=O)N[C@@H]([C@@H](C)CC)C(=O)N(C)CC(=O)N(C)[C@H]3CCCCCN(C3=O)[C@@H](CC3CCC(F)CC3)C(=O)N(C)CC(=O)N[C@@H](CCC3CC(F)C(C(F)(F)F)C(F)C3)C(=O)N2C1. The van der Waals surface area contributed by atoms with Crippen LogP contribution in [-0.2, 0) is 62.3 Å². The maximum absolute atomic E-state index is 15.5. The van der Waals surface area contributed by atoms with Gasteiger partial charge in [-0.2, -0.15) is 13.2 Å². The standard InChI is InChI=1S/C72H114F6N12O13/c1-13-42(4)60-68(100)84(8)41-58(93)86(10)52-24-17-16-20-33-89(67(52)99)55(36-43-25-28-46(73)29-26-43)66(98)83(7)40-56(91)79-50(30-27-44-34-48(74)59(49(75)35-44)72(76,77)78)64(96)90-39-47(103-15-3)37-53(90)63(95)81-71(31-21-32-71)70(102)88(12)61(45-22-18-19-23-45)69(101)87(11)54(65(97)82(5)6)38-57(92)85(9)51(14-2)62(94)80-60/h42-55,59-61H,13-41H2,1-12H3,(H,79,91)(H,80,94)(H,81,95)/t42-,43?,44?,46?,47+,48?,49?,50-,51-,52-,53-,54-,55-,59?,60-,61-/m0/s1. The molecular weight excluding hydrogens is 1350 g/mol. The summed E-state index contributed by atoms with van der Waals surface area (Å²) < 4.78 is 93.5. The molecule has 7 aliphatic rings. The number of amides is 12. The average molecular weight is 1470 g/mol. The van der Waals surface area contributed by atoms with Crippen molar-refractivity contribution in [1.29, 1.82) is 0 Å². The molecule has 4 aliphatic carbocycles. The van der Waals surface area contributed by atoms with Crippen LogP contribution in [0.5, 0.6) is 0 Å². The van der Waals surface area contributed by atoms with Gasteiger partial charge in [-0.15, -0.1) is 0 Å². The van der Waals surface area contributed by atoms with Crippen molar-refractivity contribution in [1.82, 2.24) is 60.0 Å². The van der Waals surface area contributed by atoms with E-state index in [1.54, 1.807) is 27.7 Å². The Bertz CT molecular complexity index is 3010. The summed E-state index contributed by atoms with van der Waals surface area (Å²) >= 11 is 0. The minimum Gasteiger partial charge on any atom is -0.377 e. The number of nitrogens with one attached hydrogen (secondary N) is 3. The third-order valence-corrected chi connectivity index (χ3v) is 23.4. The number of rotatable bonds is 12. The quantitative estimate of drug-likeness (QED) is 0.215. The highest BCUT2D eigenvalue weighted by Crippen LogP contribution is 2.45. The molecule has 0 aromatic heterocycles. The molecular formula is C72H114F6N12O13. The van der Waals surface area contributed by atoms with Crippen molar-refractivity contribution in [3.63, 3.8) is 0 Å². The van der Waals surface area contributed by atoms with Gasteiger partial charge < -0.3 is 64.8 Å². The van der Waals surface area contributed by atoms with E-state index in [0.717, 1.165) is 24.5 Å². The number of ether oxygens (including phenoxy) is 1. The van der Waals surface area contributed by atoms with Gasteiger partial charge in [-0.05, 0) is 140 Å². The van der Waals surface area contributed by atoms with E-state index in [4.69, 9.17) is 4.74 Å². The molecule has 0 aromatic rings. The molecule has 3 aliphatic heterocycles. The summed E-state index contributed by atoms with van der Waals surface area (Å²) in [5.41, 5.74) is -1.65. The van der Waals surface area contributed by atoms with Crippen LogP contribution < -0.4 is 16.0 Å². The molecule has 0 aromatic carbocycles. The third-order valence-electron chi connectivity index (χ3n) is 23.4. The number of carbonyl (C=O) groups excluding carboxylic acids is 12. The van der Waals surface area contributed by atoms with Crippen molar-refractivity contribution in [2.45, 2.75) is 266 Å². The predicted molar refractivity (Wildman–Crippen MR) is 367 cm³/mol. The largest absolute Gasteiger partial charge is 0.397 e. The summed E-state index contributed by atoms with van der Waals surface area (Å²) in [6.45, 7) is 5.44. The zero-order valence-electron chi connectivity index (χ0n) is 62.4. The molecule has 25 nitrogen and oxygen atoms in total. The summed E-state index contributed by atoms with van der Waals surface area (Å²) in [6.07, 6.45) is -9.02. The van der Waals surface area contributed by atoms with Gasteiger partial charge in [0.1, 0.15) is 78.3 Å². The van der Waals surface area contributed by atoms with E-state index in [0.29, 0.717) is 70.6 Å². The minimum absolute atomic E-state index is 0.0302. The van der Waals surface area contributed by atoms with Crippen LogP contribution in [0, 0.1) is 29.6 Å². The van der Waals surface area contributed by atoms with Gasteiger partial charge in [-0.25, -0.2) is 13.2 Å². The number of fused-ring (bicyclic) bond motifs is 3. The number of nitrogens with zero attached hydrogens (tertiary/aromatic N) is 9. The monoisotopic (exact) mass is 1470 g/mol. The van der Waals surface area contributed by atoms with Gasteiger partial charge in [-0.1, -0.05) is 52.9 Å². The minimum atomic E-state index is -5.18. The Kier molecular flexibility index (Phi) is 29.5. The highest BCUT2D eigenvalue weighted by Gasteiger charge is 2.56.